The first-order chi connectivity index (χ1) is 8.36. The molecule has 0 saturated heterocycles. The second-order valence-electron chi connectivity index (χ2n) is 3.83. The fraction of sp³-hybridized carbons (Fsp3) is 0.583. The van der Waals surface area contributed by atoms with Gasteiger partial charge in [0.05, 0.1) is 11.4 Å². The van der Waals surface area contributed by atoms with Crippen molar-refractivity contribution in [3.63, 3.8) is 0 Å². The molecule has 0 unspecified atom stereocenters. The van der Waals surface area contributed by atoms with Crippen molar-refractivity contribution in [3.8, 4) is 0 Å². The number of nitrogens with zero attached hydrogens (tertiary/aromatic N) is 1. The summed E-state index contributed by atoms with van der Waals surface area (Å²) in [6, 6.07) is 5.90. The standard InChI is InChI=1S/C12H22N4O/c13-9-11-3-1-4-12(16-11)10-15-7-6-14-5-2-8-17/h1,3-4,14-15,17H,2,5-10,13H2. The summed E-state index contributed by atoms with van der Waals surface area (Å²) in [5, 5.41) is 15.1. The Bertz CT molecular complexity index is 306. The van der Waals surface area contributed by atoms with E-state index >= 15 is 0 Å². The largest absolute Gasteiger partial charge is 0.396 e. The summed E-state index contributed by atoms with van der Waals surface area (Å²) in [7, 11) is 0. The zero-order valence-corrected chi connectivity index (χ0v) is 10.2. The van der Waals surface area contributed by atoms with Gasteiger partial charge in [-0.05, 0) is 25.1 Å². The predicted octanol–water partition coefficient (Wildman–Crippen LogP) is -0.398. The van der Waals surface area contributed by atoms with Gasteiger partial charge in [-0.25, -0.2) is 0 Å². The van der Waals surface area contributed by atoms with Crippen molar-refractivity contribution in [3.05, 3.63) is 29.6 Å². The third-order valence-electron chi connectivity index (χ3n) is 2.37. The van der Waals surface area contributed by atoms with Crippen molar-refractivity contribution >= 4 is 0 Å². The number of aliphatic hydroxyl groups is 1. The molecule has 1 aromatic heterocycles. The second kappa shape index (κ2) is 9.07. The lowest BCUT2D eigenvalue weighted by atomic mass is 10.3. The number of aromatic nitrogens is 1. The van der Waals surface area contributed by atoms with Gasteiger partial charge in [-0.3, -0.25) is 4.98 Å². The molecule has 0 aliphatic rings. The maximum atomic E-state index is 8.59. The summed E-state index contributed by atoms with van der Waals surface area (Å²) in [5.41, 5.74) is 7.47. The van der Waals surface area contributed by atoms with Crippen LogP contribution in [0.15, 0.2) is 18.2 Å². The SMILES string of the molecule is NCc1cccc(CNCCNCCCO)n1. The smallest absolute Gasteiger partial charge is 0.0545 e. The quantitative estimate of drug-likeness (QED) is 0.440. The van der Waals surface area contributed by atoms with E-state index in [1.165, 1.54) is 0 Å². The van der Waals surface area contributed by atoms with Gasteiger partial charge in [0.2, 0.25) is 0 Å². The molecule has 0 aliphatic carbocycles. The number of hydrogen-bond donors (Lipinski definition) is 4. The number of aliphatic hydroxyl groups excluding tert-OH is 1. The van der Waals surface area contributed by atoms with E-state index < -0.39 is 0 Å². The molecule has 5 heteroatoms. The van der Waals surface area contributed by atoms with Crippen LogP contribution in [0.2, 0.25) is 0 Å². The van der Waals surface area contributed by atoms with Gasteiger partial charge in [0.1, 0.15) is 0 Å². The second-order valence-corrected chi connectivity index (χ2v) is 3.83. The summed E-state index contributed by atoms with van der Waals surface area (Å²) in [4.78, 5) is 4.40. The molecule has 17 heavy (non-hydrogen) atoms. The fourth-order valence-corrected chi connectivity index (χ4v) is 1.46. The third-order valence-corrected chi connectivity index (χ3v) is 2.37. The third kappa shape index (κ3) is 6.33. The zero-order valence-electron chi connectivity index (χ0n) is 10.2. The van der Waals surface area contributed by atoms with Gasteiger partial charge < -0.3 is 21.5 Å². The van der Waals surface area contributed by atoms with Crippen LogP contribution in [0.3, 0.4) is 0 Å². The predicted molar refractivity (Wildman–Crippen MR) is 68.4 cm³/mol. The van der Waals surface area contributed by atoms with E-state index in [9.17, 15) is 0 Å². The Kier molecular flexibility index (Phi) is 7.49. The van der Waals surface area contributed by atoms with E-state index in [1.807, 2.05) is 18.2 Å². The zero-order chi connectivity index (χ0) is 12.3. The highest BCUT2D eigenvalue weighted by atomic mass is 16.3. The van der Waals surface area contributed by atoms with E-state index in [0.717, 1.165) is 44.0 Å². The lowest BCUT2D eigenvalue weighted by Crippen LogP contribution is -2.28. The Hall–Kier alpha value is -1.01. The molecular weight excluding hydrogens is 216 g/mol. The summed E-state index contributed by atoms with van der Waals surface area (Å²) < 4.78 is 0. The molecule has 5 N–H and O–H groups in total. The Labute approximate surface area is 102 Å². The van der Waals surface area contributed by atoms with Crippen molar-refractivity contribution in [1.82, 2.24) is 15.6 Å². The molecule has 0 fully saturated rings. The van der Waals surface area contributed by atoms with Crippen molar-refractivity contribution < 1.29 is 5.11 Å². The molecule has 1 heterocycles. The molecule has 0 atom stereocenters. The van der Waals surface area contributed by atoms with Crippen molar-refractivity contribution in [2.75, 3.05) is 26.2 Å². The number of nitrogens with two attached hydrogens (primary N) is 1. The average Bonchev–Trinajstić information content (AvgIpc) is 2.38. The minimum atomic E-state index is 0.246. The lowest BCUT2D eigenvalue weighted by Gasteiger charge is -2.06. The van der Waals surface area contributed by atoms with Crippen LogP contribution in [-0.2, 0) is 13.1 Å². The molecule has 0 saturated carbocycles. The molecule has 0 amide bonds. The first-order valence-corrected chi connectivity index (χ1v) is 6.04. The maximum absolute atomic E-state index is 8.59. The molecule has 0 aliphatic heterocycles. The van der Waals surface area contributed by atoms with Crippen LogP contribution in [0.1, 0.15) is 17.8 Å². The Morgan fingerprint density at radius 3 is 2.65 bits per heavy atom. The van der Waals surface area contributed by atoms with Crippen LogP contribution in [0.5, 0.6) is 0 Å². The normalized spacial score (nSPS) is 10.7. The molecule has 96 valence electrons. The van der Waals surface area contributed by atoms with E-state index in [1.54, 1.807) is 0 Å². The topological polar surface area (TPSA) is 83.2 Å². The van der Waals surface area contributed by atoms with Gasteiger partial charge in [0, 0.05) is 32.8 Å². The highest BCUT2D eigenvalue weighted by molar-refractivity contribution is 5.10. The summed E-state index contributed by atoms with van der Waals surface area (Å²) in [6.07, 6.45) is 0.806. The number of pyridine rings is 1. The fourth-order valence-electron chi connectivity index (χ4n) is 1.46. The first-order valence-electron chi connectivity index (χ1n) is 6.04. The van der Waals surface area contributed by atoms with Gasteiger partial charge in [-0.1, -0.05) is 6.07 Å². The highest BCUT2D eigenvalue weighted by Crippen LogP contribution is 1.97. The van der Waals surface area contributed by atoms with E-state index in [0.29, 0.717) is 6.54 Å². The molecule has 1 aromatic rings. The van der Waals surface area contributed by atoms with Crippen LogP contribution in [0.25, 0.3) is 0 Å². The summed E-state index contributed by atoms with van der Waals surface area (Å²) in [5.74, 6) is 0. The monoisotopic (exact) mass is 238 g/mol. The lowest BCUT2D eigenvalue weighted by molar-refractivity contribution is 0.286. The van der Waals surface area contributed by atoms with Gasteiger partial charge in [0.25, 0.3) is 0 Å². The van der Waals surface area contributed by atoms with Crippen molar-refractivity contribution in [2.45, 2.75) is 19.5 Å². The number of hydrogen-bond acceptors (Lipinski definition) is 5. The highest BCUT2D eigenvalue weighted by Gasteiger charge is 1.95. The van der Waals surface area contributed by atoms with Gasteiger partial charge in [-0.15, -0.1) is 0 Å². The number of nitrogens with one attached hydrogen (secondary N) is 2. The van der Waals surface area contributed by atoms with Crippen LogP contribution in [0, 0.1) is 0 Å². The van der Waals surface area contributed by atoms with Crippen LogP contribution in [-0.4, -0.2) is 36.3 Å². The molecule has 5 nitrogen and oxygen atoms in total. The summed E-state index contributed by atoms with van der Waals surface area (Å²) in [6.45, 7) is 4.14. The first kappa shape index (κ1) is 14.1. The van der Waals surface area contributed by atoms with E-state index in [-0.39, 0.29) is 6.61 Å². The number of rotatable bonds is 9. The van der Waals surface area contributed by atoms with Gasteiger partial charge >= 0.3 is 0 Å². The van der Waals surface area contributed by atoms with Crippen molar-refractivity contribution in [2.24, 2.45) is 5.73 Å². The summed E-state index contributed by atoms with van der Waals surface area (Å²) >= 11 is 0. The average molecular weight is 238 g/mol. The molecule has 0 bridgehead atoms. The van der Waals surface area contributed by atoms with Crippen LogP contribution >= 0.6 is 0 Å². The van der Waals surface area contributed by atoms with Crippen molar-refractivity contribution in [1.29, 1.82) is 0 Å². The molecule has 0 aromatic carbocycles. The van der Waals surface area contributed by atoms with E-state index in [4.69, 9.17) is 10.8 Å². The van der Waals surface area contributed by atoms with Gasteiger partial charge in [0.15, 0.2) is 0 Å². The minimum Gasteiger partial charge on any atom is -0.396 e. The Balaban J connectivity index is 2.09. The molecular formula is C12H22N4O. The van der Waals surface area contributed by atoms with Gasteiger partial charge in [-0.2, -0.15) is 0 Å². The van der Waals surface area contributed by atoms with E-state index in [2.05, 4.69) is 15.6 Å². The minimum absolute atomic E-state index is 0.246. The Morgan fingerprint density at radius 1 is 1.12 bits per heavy atom. The van der Waals surface area contributed by atoms with Crippen LogP contribution in [0.4, 0.5) is 0 Å². The van der Waals surface area contributed by atoms with Crippen LogP contribution < -0.4 is 16.4 Å². The maximum Gasteiger partial charge on any atom is 0.0545 e. The molecule has 1 rings (SSSR count). The molecule has 0 spiro atoms. The molecule has 0 radical (unpaired) electrons. The Morgan fingerprint density at radius 2 is 1.88 bits per heavy atom.